The Labute approximate surface area is 111 Å². The molecule has 1 saturated heterocycles. The molecule has 5 nitrogen and oxygen atoms in total. The molecule has 0 aromatic heterocycles. The molecule has 1 unspecified atom stereocenters. The maximum absolute atomic E-state index is 11.9. The molecular formula is C14H17NO4. The summed E-state index contributed by atoms with van der Waals surface area (Å²) in [5.41, 5.74) is 0.972. The fourth-order valence-corrected chi connectivity index (χ4v) is 2.33. The summed E-state index contributed by atoms with van der Waals surface area (Å²) in [7, 11) is 1.60. The van der Waals surface area contributed by atoms with E-state index in [2.05, 4.69) is 0 Å². The van der Waals surface area contributed by atoms with Gasteiger partial charge in [0.2, 0.25) is 5.91 Å². The lowest BCUT2D eigenvalue weighted by molar-refractivity contribution is -0.141. The van der Waals surface area contributed by atoms with Gasteiger partial charge in [-0.3, -0.25) is 9.59 Å². The van der Waals surface area contributed by atoms with Gasteiger partial charge in [0, 0.05) is 13.0 Å². The number of ether oxygens (including phenoxy) is 1. The first-order chi connectivity index (χ1) is 9.02. The number of hydrogen-bond acceptors (Lipinski definition) is 3. The summed E-state index contributed by atoms with van der Waals surface area (Å²) in [5.74, 6) is -0.839. The van der Waals surface area contributed by atoms with Gasteiger partial charge in [0.25, 0.3) is 0 Å². The van der Waals surface area contributed by atoms with Gasteiger partial charge >= 0.3 is 5.97 Å². The van der Waals surface area contributed by atoms with Crippen LogP contribution in [0.2, 0.25) is 0 Å². The molecule has 1 aliphatic rings. The molecule has 5 heteroatoms. The highest BCUT2D eigenvalue weighted by atomic mass is 16.5. The number of carboxylic acid groups (broad SMARTS) is 1. The van der Waals surface area contributed by atoms with E-state index in [1.807, 2.05) is 31.2 Å². The number of benzene rings is 1. The molecule has 1 N–H and O–H groups in total. The first kappa shape index (κ1) is 13.4. The molecule has 1 fully saturated rings. The van der Waals surface area contributed by atoms with Crippen molar-refractivity contribution in [2.24, 2.45) is 5.92 Å². The minimum Gasteiger partial charge on any atom is -0.497 e. The van der Waals surface area contributed by atoms with Crippen LogP contribution in [0.25, 0.3) is 0 Å². The number of rotatable bonds is 4. The lowest BCUT2D eigenvalue weighted by Gasteiger charge is -2.25. The van der Waals surface area contributed by atoms with Crippen molar-refractivity contribution in [3.8, 4) is 5.75 Å². The van der Waals surface area contributed by atoms with Gasteiger partial charge in [0.1, 0.15) is 5.75 Å². The van der Waals surface area contributed by atoms with Crippen LogP contribution in [-0.2, 0) is 9.59 Å². The van der Waals surface area contributed by atoms with Gasteiger partial charge < -0.3 is 14.7 Å². The van der Waals surface area contributed by atoms with Gasteiger partial charge in [-0.05, 0) is 24.6 Å². The Bertz CT molecular complexity index is 483. The van der Waals surface area contributed by atoms with E-state index in [9.17, 15) is 9.59 Å². The van der Waals surface area contributed by atoms with E-state index >= 15 is 0 Å². The maximum atomic E-state index is 11.9. The van der Waals surface area contributed by atoms with E-state index in [1.54, 1.807) is 12.0 Å². The number of hydrogen-bond donors (Lipinski definition) is 1. The zero-order valence-corrected chi connectivity index (χ0v) is 11.0. The molecule has 1 aromatic carbocycles. The number of amides is 1. The van der Waals surface area contributed by atoms with Crippen LogP contribution in [0.1, 0.15) is 24.9 Å². The van der Waals surface area contributed by atoms with E-state index in [4.69, 9.17) is 9.84 Å². The molecule has 1 amide bonds. The molecule has 1 aromatic rings. The number of carbonyl (C=O) groups is 2. The summed E-state index contributed by atoms with van der Waals surface area (Å²) >= 11 is 0. The number of likely N-dealkylation sites (tertiary alicyclic amines) is 1. The van der Waals surface area contributed by atoms with E-state index in [0.29, 0.717) is 0 Å². The first-order valence-electron chi connectivity index (χ1n) is 6.19. The molecule has 0 radical (unpaired) electrons. The van der Waals surface area contributed by atoms with Crippen molar-refractivity contribution in [2.75, 3.05) is 13.7 Å². The quantitative estimate of drug-likeness (QED) is 0.897. The fraction of sp³-hybridized carbons (Fsp3) is 0.429. The van der Waals surface area contributed by atoms with Crippen molar-refractivity contribution in [3.05, 3.63) is 29.8 Å². The lowest BCUT2D eigenvalue weighted by atomic mass is 10.1. The summed E-state index contributed by atoms with van der Waals surface area (Å²) in [5, 5.41) is 8.97. The van der Waals surface area contributed by atoms with Crippen LogP contribution in [0, 0.1) is 5.92 Å². The minimum absolute atomic E-state index is 0.0931. The highest BCUT2D eigenvalue weighted by molar-refractivity contribution is 5.86. The van der Waals surface area contributed by atoms with Crippen LogP contribution in [0.4, 0.5) is 0 Å². The maximum Gasteiger partial charge on any atom is 0.308 e. The van der Waals surface area contributed by atoms with Crippen molar-refractivity contribution in [3.63, 3.8) is 0 Å². The highest BCUT2D eigenvalue weighted by Crippen LogP contribution is 2.29. The van der Waals surface area contributed by atoms with Gasteiger partial charge in [-0.15, -0.1) is 0 Å². The standard InChI is InChI=1S/C14H17NO4/c1-9(10-3-5-12(19-2)6-4-10)15-8-11(14(17)18)7-13(15)16/h3-6,9,11H,7-8H2,1-2H3,(H,17,18)/t9-,11?/m0/s1. The van der Waals surface area contributed by atoms with E-state index in [0.717, 1.165) is 11.3 Å². The van der Waals surface area contributed by atoms with Gasteiger partial charge in [-0.25, -0.2) is 0 Å². The second kappa shape index (κ2) is 5.30. The van der Waals surface area contributed by atoms with E-state index in [1.165, 1.54) is 0 Å². The second-order valence-electron chi connectivity index (χ2n) is 4.73. The van der Waals surface area contributed by atoms with Crippen molar-refractivity contribution in [1.82, 2.24) is 4.90 Å². The number of carbonyl (C=O) groups excluding carboxylic acids is 1. The third-order valence-corrected chi connectivity index (χ3v) is 3.57. The Balaban J connectivity index is 2.12. The summed E-state index contributed by atoms with van der Waals surface area (Å²) < 4.78 is 5.09. The molecule has 2 rings (SSSR count). The Kier molecular flexibility index (Phi) is 3.74. The van der Waals surface area contributed by atoms with Gasteiger partial charge in [-0.1, -0.05) is 12.1 Å². The first-order valence-corrected chi connectivity index (χ1v) is 6.19. The van der Waals surface area contributed by atoms with Gasteiger partial charge in [-0.2, -0.15) is 0 Å². The summed E-state index contributed by atoms with van der Waals surface area (Å²) in [6.07, 6.45) is 0.0931. The number of aliphatic carboxylic acids is 1. The number of carboxylic acids is 1. The monoisotopic (exact) mass is 263 g/mol. The Morgan fingerprint density at radius 1 is 1.42 bits per heavy atom. The summed E-state index contributed by atoms with van der Waals surface area (Å²) in [6.45, 7) is 2.19. The highest BCUT2D eigenvalue weighted by Gasteiger charge is 2.36. The van der Waals surface area contributed by atoms with Crippen LogP contribution in [0.15, 0.2) is 24.3 Å². The average molecular weight is 263 g/mol. The zero-order chi connectivity index (χ0) is 14.0. The predicted molar refractivity (Wildman–Crippen MR) is 68.9 cm³/mol. The molecule has 0 bridgehead atoms. The van der Waals surface area contributed by atoms with Crippen molar-refractivity contribution in [1.29, 1.82) is 0 Å². The van der Waals surface area contributed by atoms with Crippen molar-refractivity contribution in [2.45, 2.75) is 19.4 Å². The SMILES string of the molecule is COc1ccc([C@H](C)N2CC(C(=O)O)CC2=O)cc1. The average Bonchev–Trinajstić information content (AvgIpc) is 2.80. The van der Waals surface area contributed by atoms with Gasteiger partial charge in [0.05, 0.1) is 19.1 Å². The predicted octanol–water partition coefficient (Wildman–Crippen LogP) is 1.69. The van der Waals surface area contributed by atoms with Crippen LogP contribution in [0.3, 0.4) is 0 Å². The van der Waals surface area contributed by atoms with Crippen LogP contribution >= 0.6 is 0 Å². The molecule has 0 aliphatic carbocycles. The third kappa shape index (κ3) is 2.70. The normalized spacial score (nSPS) is 20.4. The Morgan fingerprint density at radius 3 is 2.53 bits per heavy atom. The number of nitrogens with zero attached hydrogens (tertiary/aromatic N) is 1. The molecule has 19 heavy (non-hydrogen) atoms. The van der Waals surface area contributed by atoms with Gasteiger partial charge in [0.15, 0.2) is 0 Å². The van der Waals surface area contributed by atoms with Crippen LogP contribution < -0.4 is 4.74 Å². The van der Waals surface area contributed by atoms with Crippen LogP contribution in [0.5, 0.6) is 5.75 Å². The number of methoxy groups -OCH3 is 1. The van der Waals surface area contributed by atoms with E-state index in [-0.39, 0.29) is 24.9 Å². The Hall–Kier alpha value is -2.04. The topological polar surface area (TPSA) is 66.8 Å². The molecule has 1 heterocycles. The fourth-order valence-electron chi connectivity index (χ4n) is 2.33. The molecule has 0 saturated carbocycles. The second-order valence-corrected chi connectivity index (χ2v) is 4.73. The third-order valence-electron chi connectivity index (χ3n) is 3.57. The molecule has 0 spiro atoms. The van der Waals surface area contributed by atoms with E-state index < -0.39 is 11.9 Å². The molecular weight excluding hydrogens is 246 g/mol. The molecule has 102 valence electrons. The minimum atomic E-state index is -0.905. The van der Waals surface area contributed by atoms with Crippen LogP contribution in [-0.4, -0.2) is 35.5 Å². The Morgan fingerprint density at radius 2 is 2.05 bits per heavy atom. The molecule has 2 atom stereocenters. The van der Waals surface area contributed by atoms with Crippen molar-refractivity contribution < 1.29 is 19.4 Å². The van der Waals surface area contributed by atoms with Crippen molar-refractivity contribution >= 4 is 11.9 Å². The smallest absolute Gasteiger partial charge is 0.308 e. The summed E-state index contributed by atoms with van der Waals surface area (Å²) in [6, 6.07) is 7.33. The summed E-state index contributed by atoms with van der Waals surface area (Å²) in [4.78, 5) is 24.4. The molecule has 1 aliphatic heterocycles. The largest absolute Gasteiger partial charge is 0.497 e. The zero-order valence-electron chi connectivity index (χ0n) is 11.0. The lowest BCUT2D eigenvalue weighted by Crippen LogP contribution is -2.29.